The van der Waals surface area contributed by atoms with Crippen LogP contribution in [0.4, 0.5) is 10.1 Å². The molecule has 168 valence electrons. The van der Waals surface area contributed by atoms with Crippen molar-refractivity contribution in [1.82, 2.24) is 10.2 Å². The Labute approximate surface area is 186 Å². The molecule has 10 heteroatoms. The molecule has 2 aromatic rings. The Hall–Kier alpha value is -2.65. The van der Waals surface area contributed by atoms with Gasteiger partial charge in [-0.1, -0.05) is 41.9 Å². The summed E-state index contributed by atoms with van der Waals surface area (Å²) in [5.74, 6) is -1.66. The summed E-state index contributed by atoms with van der Waals surface area (Å²) in [6.45, 7) is 3.26. The van der Waals surface area contributed by atoms with Crippen LogP contribution in [0.15, 0.2) is 48.5 Å². The highest BCUT2D eigenvalue weighted by atomic mass is 35.5. The van der Waals surface area contributed by atoms with E-state index in [0.29, 0.717) is 6.54 Å². The molecule has 0 fully saturated rings. The maximum absolute atomic E-state index is 13.5. The quantitative estimate of drug-likeness (QED) is 0.611. The van der Waals surface area contributed by atoms with E-state index in [1.54, 1.807) is 38.1 Å². The highest BCUT2D eigenvalue weighted by molar-refractivity contribution is 7.92. The molecule has 7 nitrogen and oxygen atoms in total. The van der Waals surface area contributed by atoms with E-state index in [1.165, 1.54) is 11.0 Å². The number of amides is 2. The first-order chi connectivity index (χ1) is 14.5. The molecule has 0 aliphatic carbocycles. The number of carbonyl (C=O) groups is 2. The lowest BCUT2D eigenvalue weighted by Gasteiger charge is -2.31. The van der Waals surface area contributed by atoms with Gasteiger partial charge in [0.2, 0.25) is 21.8 Å². The number of nitrogens with zero attached hydrogens (tertiary/aromatic N) is 2. The average Bonchev–Trinajstić information content (AvgIpc) is 2.72. The molecule has 0 heterocycles. The first-order valence-corrected chi connectivity index (χ1v) is 11.8. The lowest BCUT2D eigenvalue weighted by molar-refractivity contribution is -0.139. The van der Waals surface area contributed by atoms with Gasteiger partial charge in [0.25, 0.3) is 0 Å². The van der Waals surface area contributed by atoms with Gasteiger partial charge in [-0.2, -0.15) is 0 Å². The molecule has 0 radical (unpaired) electrons. The first-order valence-electron chi connectivity index (χ1n) is 9.58. The molecule has 0 aliphatic rings. The summed E-state index contributed by atoms with van der Waals surface area (Å²) in [6.07, 6.45) is 0.937. The van der Waals surface area contributed by atoms with E-state index in [9.17, 15) is 22.4 Å². The number of rotatable bonds is 9. The van der Waals surface area contributed by atoms with Crippen molar-refractivity contribution in [3.8, 4) is 0 Å². The number of benzene rings is 2. The van der Waals surface area contributed by atoms with Gasteiger partial charge in [-0.05, 0) is 37.6 Å². The monoisotopic (exact) mass is 469 g/mol. The highest BCUT2D eigenvalue weighted by Crippen LogP contribution is 2.25. The van der Waals surface area contributed by atoms with Crippen molar-refractivity contribution in [1.29, 1.82) is 0 Å². The zero-order valence-electron chi connectivity index (χ0n) is 17.5. The van der Waals surface area contributed by atoms with Crippen LogP contribution in [0, 0.1) is 5.82 Å². The molecule has 1 unspecified atom stereocenters. The van der Waals surface area contributed by atoms with Crippen molar-refractivity contribution >= 4 is 39.1 Å². The number of halogens is 2. The van der Waals surface area contributed by atoms with E-state index in [2.05, 4.69) is 5.32 Å². The molecular formula is C21H25ClFN3O4S. The zero-order valence-corrected chi connectivity index (χ0v) is 19.1. The van der Waals surface area contributed by atoms with Gasteiger partial charge < -0.3 is 10.2 Å². The Morgan fingerprint density at radius 1 is 1.16 bits per heavy atom. The number of hydrogen-bond donors (Lipinski definition) is 1. The van der Waals surface area contributed by atoms with Gasteiger partial charge in [0.05, 0.1) is 17.0 Å². The topological polar surface area (TPSA) is 86.8 Å². The van der Waals surface area contributed by atoms with Crippen molar-refractivity contribution in [2.45, 2.75) is 26.4 Å². The number of likely N-dealkylation sites (N-methyl/N-ethyl adjacent to an activating group) is 1. The van der Waals surface area contributed by atoms with Gasteiger partial charge >= 0.3 is 0 Å². The van der Waals surface area contributed by atoms with E-state index < -0.39 is 34.3 Å². The average molecular weight is 470 g/mol. The maximum atomic E-state index is 13.5. The second kappa shape index (κ2) is 10.6. The van der Waals surface area contributed by atoms with E-state index in [1.807, 2.05) is 6.07 Å². The molecular weight excluding hydrogens is 445 g/mol. The van der Waals surface area contributed by atoms with E-state index >= 15 is 0 Å². The normalized spacial score (nSPS) is 12.2. The van der Waals surface area contributed by atoms with Crippen molar-refractivity contribution in [3.63, 3.8) is 0 Å². The fourth-order valence-corrected chi connectivity index (χ4v) is 3.95. The molecule has 2 amide bonds. The van der Waals surface area contributed by atoms with Crippen LogP contribution in [0.3, 0.4) is 0 Å². The highest BCUT2D eigenvalue weighted by Gasteiger charge is 2.30. The molecule has 0 saturated heterocycles. The van der Waals surface area contributed by atoms with Crippen LogP contribution in [0.1, 0.15) is 19.4 Å². The first kappa shape index (κ1) is 24.6. The minimum Gasteiger partial charge on any atom is -0.355 e. The number of sulfonamides is 1. The zero-order chi connectivity index (χ0) is 23.2. The summed E-state index contributed by atoms with van der Waals surface area (Å²) in [5, 5.41) is 2.40. The Morgan fingerprint density at radius 2 is 1.81 bits per heavy atom. The van der Waals surface area contributed by atoms with E-state index in [-0.39, 0.29) is 23.2 Å². The van der Waals surface area contributed by atoms with Crippen LogP contribution in [0.25, 0.3) is 0 Å². The van der Waals surface area contributed by atoms with Crippen LogP contribution in [0.2, 0.25) is 5.02 Å². The van der Waals surface area contributed by atoms with Crippen LogP contribution in [0.5, 0.6) is 0 Å². The SMILES string of the molecule is CCNC(=O)C(C)N(Cc1ccccc1)C(=O)CN(c1ccc(F)c(Cl)c1)S(C)(=O)=O. The molecule has 0 saturated carbocycles. The largest absolute Gasteiger partial charge is 0.355 e. The fraction of sp³-hybridized carbons (Fsp3) is 0.333. The van der Waals surface area contributed by atoms with Gasteiger partial charge in [-0.3, -0.25) is 13.9 Å². The second-order valence-electron chi connectivity index (χ2n) is 6.95. The third-order valence-corrected chi connectivity index (χ3v) is 6.01. The van der Waals surface area contributed by atoms with Crippen LogP contribution < -0.4 is 9.62 Å². The predicted molar refractivity (Wildman–Crippen MR) is 119 cm³/mol. The summed E-state index contributed by atoms with van der Waals surface area (Å²) in [5.41, 5.74) is 0.829. The van der Waals surface area contributed by atoms with Gasteiger partial charge in [0, 0.05) is 13.1 Å². The van der Waals surface area contributed by atoms with Crippen LogP contribution in [-0.2, 0) is 26.2 Å². The third-order valence-electron chi connectivity index (χ3n) is 4.58. The summed E-state index contributed by atoms with van der Waals surface area (Å²) >= 11 is 5.80. The number of anilines is 1. The fourth-order valence-electron chi connectivity index (χ4n) is 2.94. The van der Waals surface area contributed by atoms with Crippen molar-refractivity contribution in [2.75, 3.05) is 23.7 Å². The minimum absolute atomic E-state index is 0.0487. The molecule has 0 aromatic heterocycles. The molecule has 1 atom stereocenters. The molecule has 2 rings (SSSR count). The predicted octanol–water partition coefficient (Wildman–Crippen LogP) is 2.80. The standard InChI is InChI=1S/C21H25ClFN3O4S/c1-4-24-21(28)15(2)25(13-16-8-6-5-7-9-16)20(27)14-26(31(3,29)30)17-10-11-19(23)18(22)12-17/h5-12,15H,4,13-14H2,1-3H3,(H,24,28). The Balaban J connectivity index is 2.38. The molecule has 2 aromatic carbocycles. The van der Waals surface area contributed by atoms with Gasteiger partial charge in [-0.25, -0.2) is 12.8 Å². The number of nitrogens with one attached hydrogen (secondary N) is 1. The Bertz CT molecular complexity index is 1030. The van der Waals surface area contributed by atoms with E-state index in [4.69, 9.17) is 11.6 Å². The Kier molecular flexibility index (Phi) is 8.41. The van der Waals surface area contributed by atoms with Crippen molar-refractivity contribution < 1.29 is 22.4 Å². The molecule has 0 spiro atoms. The molecule has 0 bridgehead atoms. The molecule has 1 N–H and O–H groups in total. The second-order valence-corrected chi connectivity index (χ2v) is 9.26. The number of hydrogen-bond acceptors (Lipinski definition) is 4. The molecule has 0 aliphatic heterocycles. The smallest absolute Gasteiger partial charge is 0.244 e. The summed E-state index contributed by atoms with van der Waals surface area (Å²) in [6, 6.07) is 11.6. The lowest BCUT2D eigenvalue weighted by atomic mass is 10.1. The van der Waals surface area contributed by atoms with Gasteiger partial charge in [0.1, 0.15) is 18.4 Å². The summed E-state index contributed by atoms with van der Waals surface area (Å²) in [4.78, 5) is 26.9. The van der Waals surface area contributed by atoms with Crippen molar-refractivity contribution in [2.24, 2.45) is 0 Å². The lowest BCUT2D eigenvalue weighted by Crippen LogP contribution is -2.51. The summed E-state index contributed by atoms with van der Waals surface area (Å²) in [7, 11) is -3.90. The third kappa shape index (κ3) is 6.67. The van der Waals surface area contributed by atoms with E-state index in [0.717, 1.165) is 28.3 Å². The van der Waals surface area contributed by atoms with Gasteiger partial charge in [-0.15, -0.1) is 0 Å². The summed E-state index contributed by atoms with van der Waals surface area (Å²) < 4.78 is 39.2. The van der Waals surface area contributed by atoms with Crippen LogP contribution >= 0.6 is 11.6 Å². The van der Waals surface area contributed by atoms with Crippen molar-refractivity contribution in [3.05, 3.63) is 64.9 Å². The van der Waals surface area contributed by atoms with Crippen LogP contribution in [-0.4, -0.2) is 50.5 Å². The Morgan fingerprint density at radius 3 is 2.35 bits per heavy atom. The molecule has 31 heavy (non-hydrogen) atoms. The maximum Gasteiger partial charge on any atom is 0.244 e. The minimum atomic E-state index is -3.90. The van der Waals surface area contributed by atoms with Gasteiger partial charge in [0.15, 0.2) is 0 Å². The number of carbonyl (C=O) groups excluding carboxylic acids is 2.